The number of thioether (sulfide) groups is 1. The van der Waals surface area contributed by atoms with Crippen molar-refractivity contribution in [3.05, 3.63) is 74.9 Å². The van der Waals surface area contributed by atoms with Crippen LogP contribution in [0.25, 0.3) is 10.4 Å². The molecule has 2 heterocycles. The normalized spacial score (nSPS) is 13.0. The number of thiophene rings is 1. The van der Waals surface area contributed by atoms with Crippen molar-refractivity contribution in [2.24, 2.45) is 10.7 Å². The minimum absolute atomic E-state index is 0.0284. The number of rotatable bonds is 5. The van der Waals surface area contributed by atoms with Crippen molar-refractivity contribution in [3.63, 3.8) is 0 Å². The van der Waals surface area contributed by atoms with Crippen molar-refractivity contribution in [2.45, 2.75) is 18.1 Å². The number of halogens is 5. The molecule has 3 nitrogen and oxygen atoms in total. The Bertz CT molecular complexity index is 1170. The number of pyridine rings is 1. The summed E-state index contributed by atoms with van der Waals surface area (Å²) in [5, 5.41) is 1.53. The van der Waals surface area contributed by atoms with E-state index in [4.69, 9.17) is 28.9 Å². The summed E-state index contributed by atoms with van der Waals surface area (Å²) in [5.74, 6) is 0. The van der Waals surface area contributed by atoms with E-state index in [-0.39, 0.29) is 16.4 Å². The molecule has 3 rings (SSSR count). The maximum absolute atomic E-state index is 13.1. The fourth-order valence-corrected chi connectivity index (χ4v) is 4.44. The lowest BCUT2D eigenvalue weighted by atomic mass is 10.2. The predicted octanol–water partition coefficient (Wildman–Crippen LogP) is 7.67. The molecule has 0 bridgehead atoms. The molecule has 1 aromatic carbocycles. The van der Waals surface area contributed by atoms with Gasteiger partial charge in [-0.1, -0.05) is 23.2 Å². The highest BCUT2D eigenvalue weighted by Gasteiger charge is 2.32. The molecule has 0 unspecified atom stereocenters. The lowest BCUT2D eigenvalue weighted by Crippen LogP contribution is -2.20. The maximum atomic E-state index is 13.1. The van der Waals surface area contributed by atoms with Crippen molar-refractivity contribution in [2.75, 3.05) is 6.26 Å². The maximum Gasteiger partial charge on any atom is 0.430 e. The Balaban J connectivity index is 2.10. The number of aryl methyl sites for hydroxylation is 1. The molecule has 0 spiro atoms. The Kier molecular flexibility index (Phi) is 7.36. The molecular formula is C21H16Cl2F3N3S2. The zero-order valence-electron chi connectivity index (χ0n) is 16.3. The Morgan fingerprint density at radius 3 is 2.58 bits per heavy atom. The molecule has 0 atom stereocenters. The van der Waals surface area contributed by atoms with E-state index in [9.17, 15) is 13.2 Å². The van der Waals surface area contributed by atoms with Crippen molar-refractivity contribution in [3.8, 4) is 10.4 Å². The van der Waals surface area contributed by atoms with E-state index in [1.54, 1.807) is 30.1 Å². The summed E-state index contributed by atoms with van der Waals surface area (Å²) in [5.41, 5.74) is 6.15. The van der Waals surface area contributed by atoms with Gasteiger partial charge in [-0.15, -0.1) is 23.1 Å². The van der Waals surface area contributed by atoms with Gasteiger partial charge < -0.3 is 5.73 Å². The number of nitrogens with zero attached hydrogens (tertiary/aromatic N) is 2. The highest BCUT2D eigenvalue weighted by atomic mass is 35.5. The fourth-order valence-electron chi connectivity index (χ4n) is 2.63. The van der Waals surface area contributed by atoms with Gasteiger partial charge in [0.15, 0.2) is 0 Å². The van der Waals surface area contributed by atoms with E-state index in [1.165, 1.54) is 23.5 Å². The van der Waals surface area contributed by atoms with Crippen molar-refractivity contribution in [1.82, 2.24) is 4.98 Å². The molecule has 0 saturated carbocycles. The molecule has 2 aromatic heterocycles. The average molecular weight is 502 g/mol. The molecule has 0 amide bonds. The van der Waals surface area contributed by atoms with Gasteiger partial charge in [0.25, 0.3) is 0 Å². The predicted molar refractivity (Wildman–Crippen MR) is 125 cm³/mol. The molecule has 10 heteroatoms. The molecule has 0 aliphatic heterocycles. The Hall–Kier alpha value is -2.00. The first-order valence-corrected chi connectivity index (χ1v) is 11.6. The zero-order chi connectivity index (χ0) is 22.8. The highest BCUT2D eigenvalue weighted by Crippen LogP contribution is 2.34. The minimum atomic E-state index is -4.69. The van der Waals surface area contributed by atoms with Gasteiger partial charge in [0.2, 0.25) is 0 Å². The van der Waals surface area contributed by atoms with Crippen LogP contribution < -0.4 is 5.73 Å². The van der Waals surface area contributed by atoms with E-state index in [2.05, 4.69) is 9.98 Å². The summed E-state index contributed by atoms with van der Waals surface area (Å²) in [7, 11) is 0. The molecule has 0 aliphatic rings. The standard InChI is InChI=1S/C21H16Cl2F3N3S2/c1-11-7-12(10-28-20(11)30-2)17-5-6-18(31-17)16(9-19(27)21(24,25)26)29-15-8-13(22)3-4-14(15)23/h3-10H,27H2,1-2H3/b19-9-,29-16?. The van der Waals surface area contributed by atoms with E-state index in [0.717, 1.165) is 27.1 Å². The number of allylic oxidation sites excluding steroid dienone is 2. The van der Waals surface area contributed by atoms with E-state index in [1.807, 2.05) is 25.3 Å². The summed E-state index contributed by atoms with van der Waals surface area (Å²) in [6, 6.07) is 10.1. The van der Waals surface area contributed by atoms with Crippen LogP contribution in [0.5, 0.6) is 0 Å². The van der Waals surface area contributed by atoms with Crippen LogP contribution >= 0.6 is 46.3 Å². The summed E-state index contributed by atoms with van der Waals surface area (Å²) in [4.78, 5) is 10.1. The largest absolute Gasteiger partial charge is 0.430 e. The third-order valence-electron chi connectivity index (χ3n) is 4.14. The quantitative estimate of drug-likeness (QED) is 0.288. The molecule has 2 N–H and O–H groups in total. The van der Waals surface area contributed by atoms with Gasteiger partial charge in [-0.3, -0.25) is 0 Å². The van der Waals surface area contributed by atoms with Crippen LogP contribution in [0, 0.1) is 6.92 Å². The van der Waals surface area contributed by atoms with Crippen molar-refractivity contribution in [1.29, 1.82) is 0 Å². The number of alkyl halides is 3. The molecule has 0 fully saturated rings. The van der Waals surface area contributed by atoms with Gasteiger partial charge in [-0.05, 0) is 61.2 Å². The molecule has 31 heavy (non-hydrogen) atoms. The molecule has 0 aliphatic carbocycles. The Labute approximate surface area is 195 Å². The van der Waals surface area contributed by atoms with Gasteiger partial charge in [0, 0.05) is 21.7 Å². The van der Waals surface area contributed by atoms with Crippen molar-refractivity contribution < 1.29 is 13.2 Å². The first-order chi connectivity index (χ1) is 14.6. The molecule has 3 aromatic rings. The van der Waals surface area contributed by atoms with E-state index >= 15 is 0 Å². The van der Waals surface area contributed by atoms with Crippen LogP contribution in [0.1, 0.15) is 10.4 Å². The van der Waals surface area contributed by atoms with Gasteiger partial charge in [-0.25, -0.2) is 9.98 Å². The van der Waals surface area contributed by atoms with Gasteiger partial charge in [0.05, 0.1) is 26.3 Å². The minimum Gasteiger partial charge on any atom is -0.395 e. The number of benzene rings is 1. The number of aliphatic imine (C=N–C) groups is 1. The third kappa shape index (κ3) is 5.83. The average Bonchev–Trinajstić information content (AvgIpc) is 3.19. The van der Waals surface area contributed by atoms with Crippen LogP contribution in [-0.4, -0.2) is 23.1 Å². The summed E-state index contributed by atoms with van der Waals surface area (Å²) in [6.07, 6.45) is -0.209. The van der Waals surface area contributed by atoms with Gasteiger partial charge in [-0.2, -0.15) is 13.2 Å². The highest BCUT2D eigenvalue weighted by molar-refractivity contribution is 7.98. The van der Waals surface area contributed by atoms with Gasteiger partial charge >= 0.3 is 6.18 Å². The second kappa shape index (κ2) is 9.65. The summed E-state index contributed by atoms with van der Waals surface area (Å²) in [6.45, 7) is 1.96. The van der Waals surface area contributed by atoms with Crippen LogP contribution in [0.15, 0.2) is 64.4 Å². The second-order valence-corrected chi connectivity index (χ2v) is 9.13. The SMILES string of the molecule is CSc1ncc(-c2ccc(C(/C=C(\N)C(F)(F)F)=Nc3cc(Cl)ccc3Cl)s2)cc1C. The topological polar surface area (TPSA) is 51.3 Å². The first-order valence-electron chi connectivity index (χ1n) is 8.78. The zero-order valence-corrected chi connectivity index (χ0v) is 19.4. The summed E-state index contributed by atoms with van der Waals surface area (Å²) >= 11 is 15.0. The van der Waals surface area contributed by atoms with Crippen LogP contribution in [0.2, 0.25) is 10.0 Å². The summed E-state index contributed by atoms with van der Waals surface area (Å²) < 4.78 is 39.3. The molecule has 162 valence electrons. The lowest BCUT2D eigenvalue weighted by molar-refractivity contribution is -0.0925. The molecule has 0 radical (unpaired) electrons. The number of nitrogens with two attached hydrogens (primary N) is 1. The van der Waals surface area contributed by atoms with E-state index < -0.39 is 11.9 Å². The first kappa shape index (κ1) is 23.7. The van der Waals surface area contributed by atoms with Crippen LogP contribution in [0.3, 0.4) is 0 Å². The van der Waals surface area contributed by atoms with Crippen LogP contribution in [-0.2, 0) is 0 Å². The van der Waals surface area contributed by atoms with E-state index in [0.29, 0.717) is 9.90 Å². The second-order valence-electron chi connectivity index (χ2n) is 6.40. The van der Waals surface area contributed by atoms with Crippen LogP contribution in [0.4, 0.5) is 18.9 Å². The monoisotopic (exact) mass is 501 g/mol. The number of aromatic nitrogens is 1. The Morgan fingerprint density at radius 1 is 1.19 bits per heavy atom. The van der Waals surface area contributed by atoms with Gasteiger partial charge in [0.1, 0.15) is 5.70 Å². The third-order valence-corrected chi connectivity index (χ3v) is 6.66. The molecule has 0 saturated heterocycles. The smallest absolute Gasteiger partial charge is 0.395 e. The number of hydrogen-bond acceptors (Lipinski definition) is 5. The van der Waals surface area contributed by atoms with Crippen molar-refractivity contribution >= 4 is 57.7 Å². The fraction of sp³-hybridized carbons (Fsp3) is 0.143. The number of hydrogen-bond donors (Lipinski definition) is 1. The molecular weight excluding hydrogens is 486 g/mol. The Morgan fingerprint density at radius 2 is 1.94 bits per heavy atom. The lowest BCUT2D eigenvalue weighted by Gasteiger charge is -2.08.